The average Bonchev–Trinajstić information content (AvgIpc) is 2.83. The predicted molar refractivity (Wildman–Crippen MR) is 78.7 cm³/mol. The van der Waals surface area contributed by atoms with E-state index >= 15 is 0 Å². The number of hydrogen-bond acceptors (Lipinski definition) is 4. The van der Waals surface area contributed by atoms with Crippen molar-refractivity contribution >= 4 is 27.7 Å². The lowest BCUT2D eigenvalue weighted by molar-refractivity contribution is -0.122. The molecule has 112 valence electrons. The number of benzene rings is 1. The average molecular weight is 357 g/mol. The number of anilines is 1. The molecule has 1 N–H and O–H groups in total. The number of ether oxygens (including phenoxy) is 1. The summed E-state index contributed by atoms with van der Waals surface area (Å²) in [5.74, 6) is -0.0355. The van der Waals surface area contributed by atoms with Gasteiger partial charge in [0.15, 0.2) is 23.5 Å². The van der Waals surface area contributed by atoms with Crippen LogP contribution in [0.4, 0.5) is 10.2 Å². The first-order chi connectivity index (χ1) is 9.99. The summed E-state index contributed by atoms with van der Waals surface area (Å²) in [4.78, 5) is 12.1. The van der Waals surface area contributed by atoms with Crippen molar-refractivity contribution in [2.75, 3.05) is 5.32 Å². The third-order valence-corrected chi connectivity index (χ3v) is 3.20. The van der Waals surface area contributed by atoms with E-state index in [0.717, 1.165) is 0 Å². The molecule has 0 aliphatic rings. The molecule has 1 amide bonds. The monoisotopic (exact) mass is 356 g/mol. The highest BCUT2D eigenvalue weighted by Gasteiger charge is 2.21. The Bertz CT molecular complexity index is 645. The Labute approximate surface area is 129 Å². The zero-order valence-electron chi connectivity index (χ0n) is 11.5. The van der Waals surface area contributed by atoms with Gasteiger partial charge < -0.3 is 14.6 Å². The number of nitrogens with one attached hydrogen (secondary N) is 1. The number of carbonyl (C=O) groups excluding carboxylic acids is 1. The number of aryl methyl sites for hydroxylation is 1. The lowest BCUT2D eigenvalue weighted by atomic mass is 10.2. The highest BCUT2D eigenvalue weighted by molar-refractivity contribution is 9.10. The van der Waals surface area contributed by atoms with Crippen molar-refractivity contribution in [2.24, 2.45) is 0 Å². The largest absolute Gasteiger partial charge is 0.478 e. The fourth-order valence-electron chi connectivity index (χ4n) is 1.68. The molecule has 7 heteroatoms. The second-order valence-corrected chi connectivity index (χ2v) is 5.32. The highest BCUT2D eigenvalue weighted by Crippen LogP contribution is 2.23. The lowest BCUT2D eigenvalue weighted by Crippen LogP contribution is -2.32. The molecule has 1 aromatic heterocycles. The van der Waals surface area contributed by atoms with Crippen molar-refractivity contribution in [3.63, 3.8) is 0 Å². The fourth-order valence-corrected chi connectivity index (χ4v) is 2.01. The summed E-state index contributed by atoms with van der Waals surface area (Å²) in [5.41, 5.74) is 0. The maximum absolute atomic E-state index is 13.7. The van der Waals surface area contributed by atoms with Gasteiger partial charge in [-0.1, -0.05) is 28.0 Å². The van der Waals surface area contributed by atoms with Crippen LogP contribution in [0.15, 0.2) is 33.3 Å². The van der Waals surface area contributed by atoms with Gasteiger partial charge >= 0.3 is 0 Å². The van der Waals surface area contributed by atoms with Gasteiger partial charge in [-0.3, -0.25) is 4.79 Å². The van der Waals surface area contributed by atoms with E-state index in [0.29, 0.717) is 22.5 Å². The summed E-state index contributed by atoms with van der Waals surface area (Å²) in [7, 11) is 0. The molecule has 1 atom stereocenters. The number of halogens is 2. The van der Waals surface area contributed by atoms with E-state index in [1.54, 1.807) is 26.0 Å². The van der Waals surface area contributed by atoms with Gasteiger partial charge in [-0.2, -0.15) is 0 Å². The van der Waals surface area contributed by atoms with Crippen molar-refractivity contribution in [2.45, 2.75) is 26.4 Å². The number of carbonyl (C=O) groups is 1. The van der Waals surface area contributed by atoms with E-state index in [-0.39, 0.29) is 5.75 Å². The molecule has 0 bridgehead atoms. The molecule has 0 fully saturated rings. The third-order valence-electron chi connectivity index (χ3n) is 2.71. The van der Waals surface area contributed by atoms with Gasteiger partial charge in [-0.15, -0.1) is 0 Å². The first-order valence-electron chi connectivity index (χ1n) is 6.35. The van der Waals surface area contributed by atoms with Gasteiger partial charge in [0, 0.05) is 10.5 Å². The first kappa shape index (κ1) is 15.5. The zero-order valence-corrected chi connectivity index (χ0v) is 13.1. The summed E-state index contributed by atoms with van der Waals surface area (Å²) >= 11 is 3.16. The van der Waals surface area contributed by atoms with Gasteiger partial charge in [0.2, 0.25) is 0 Å². The molecule has 0 spiro atoms. The number of aromatic nitrogens is 1. The van der Waals surface area contributed by atoms with Crippen LogP contribution in [-0.4, -0.2) is 17.2 Å². The molecule has 21 heavy (non-hydrogen) atoms. The van der Waals surface area contributed by atoms with Crippen molar-refractivity contribution in [1.82, 2.24) is 5.16 Å². The first-order valence-corrected chi connectivity index (χ1v) is 7.14. The molecule has 2 aromatic rings. The minimum atomic E-state index is -0.822. The van der Waals surface area contributed by atoms with Gasteiger partial charge in [0.25, 0.3) is 5.91 Å². The molecular formula is C14H14BrFN2O3. The SMILES string of the molecule is CCC(Oc1ccc(Br)cc1F)C(=O)Nc1cc(C)on1. The summed E-state index contributed by atoms with van der Waals surface area (Å²) in [6.45, 7) is 3.49. The maximum atomic E-state index is 13.7. The van der Waals surface area contributed by atoms with Crippen molar-refractivity contribution < 1.29 is 18.4 Å². The third kappa shape index (κ3) is 4.04. The number of rotatable bonds is 5. The van der Waals surface area contributed by atoms with Crippen LogP contribution in [0.2, 0.25) is 0 Å². The molecular weight excluding hydrogens is 343 g/mol. The van der Waals surface area contributed by atoms with E-state index < -0.39 is 17.8 Å². The number of amides is 1. The molecule has 2 rings (SSSR count). The van der Waals surface area contributed by atoms with Crippen molar-refractivity contribution in [1.29, 1.82) is 0 Å². The van der Waals surface area contributed by atoms with Crippen molar-refractivity contribution in [3.8, 4) is 5.75 Å². The summed E-state index contributed by atoms with van der Waals surface area (Å²) < 4.78 is 24.6. The van der Waals surface area contributed by atoms with E-state index in [1.165, 1.54) is 12.1 Å². The van der Waals surface area contributed by atoms with Gasteiger partial charge in [0.1, 0.15) is 5.76 Å². The smallest absolute Gasteiger partial charge is 0.266 e. The van der Waals surface area contributed by atoms with Crippen LogP contribution in [0.5, 0.6) is 5.75 Å². The Morgan fingerprint density at radius 1 is 1.52 bits per heavy atom. The van der Waals surface area contributed by atoms with E-state index in [4.69, 9.17) is 9.26 Å². The molecule has 0 saturated heterocycles. The molecule has 0 saturated carbocycles. The van der Waals surface area contributed by atoms with Crippen molar-refractivity contribution in [3.05, 3.63) is 40.3 Å². The van der Waals surface area contributed by atoms with E-state index in [2.05, 4.69) is 26.4 Å². The summed E-state index contributed by atoms with van der Waals surface area (Å²) in [6.07, 6.45) is -0.435. The summed E-state index contributed by atoms with van der Waals surface area (Å²) in [6, 6.07) is 5.98. The fraction of sp³-hybridized carbons (Fsp3) is 0.286. The standard InChI is InChI=1S/C14H14BrFN2O3/c1-3-11(14(19)17-13-6-8(2)21-18-13)20-12-5-4-9(15)7-10(12)16/h4-7,11H,3H2,1-2H3,(H,17,18,19). The molecule has 5 nitrogen and oxygen atoms in total. The van der Waals surface area contributed by atoms with Gasteiger partial charge in [0.05, 0.1) is 0 Å². The van der Waals surface area contributed by atoms with Crippen LogP contribution in [0, 0.1) is 12.7 Å². The quantitative estimate of drug-likeness (QED) is 0.887. The maximum Gasteiger partial charge on any atom is 0.266 e. The molecule has 1 aromatic carbocycles. The second-order valence-electron chi connectivity index (χ2n) is 4.40. The number of hydrogen-bond donors (Lipinski definition) is 1. The minimum absolute atomic E-state index is 0.0246. The van der Waals surface area contributed by atoms with E-state index in [9.17, 15) is 9.18 Å². The molecule has 1 unspecified atom stereocenters. The Hall–Kier alpha value is -1.89. The summed E-state index contributed by atoms with van der Waals surface area (Å²) in [5, 5.41) is 6.23. The van der Waals surface area contributed by atoms with E-state index in [1.807, 2.05) is 0 Å². The van der Waals surface area contributed by atoms with Crippen LogP contribution in [0.3, 0.4) is 0 Å². The van der Waals surface area contributed by atoms with Gasteiger partial charge in [-0.05, 0) is 31.5 Å². The lowest BCUT2D eigenvalue weighted by Gasteiger charge is -2.16. The van der Waals surface area contributed by atoms with Gasteiger partial charge in [-0.25, -0.2) is 4.39 Å². The highest BCUT2D eigenvalue weighted by atomic mass is 79.9. The van der Waals surface area contributed by atoms with Crippen LogP contribution >= 0.6 is 15.9 Å². The Balaban J connectivity index is 2.06. The Morgan fingerprint density at radius 3 is 2.86 bits per heavy atom. The van der Waals surface area contributed by atoms with Crippen LogP contribution in [0.1, 0.15) is 19.1 Å². The Kier molecular flexibility index (Phi) is 4.95. The molecule has 0 aliphatic carbocycles. The van der Waals surface area contributed by atoms with Crippen LogP contribution in [-0.2, 0) is 4.79 Å². The Morgan fingerprint density at radius 2 is 2.29 bits per heavy atom. The van der Waals surface area contributed by atoms with Crippen LogP contribution in [0.25, 0.3) is 0 Å². The molecule has 0 radical (unpaired) electrons. The van der Waals surface area contributed by atoms with Crippen LogP contribution < -0.4 is 10.1 Å². The zero-order chi connectivity index (χ0) is 15.4. The minimum Gasteiger partial charge on any atom is -0.478 e. The normalized spacial score (nSPS) is 12.0. The molecule has 1 heterocycles. The molecule has 0 aliphatic heterocycles. The topological polar surface area (TPSA) is 64.4 Å². The predicted octanol–water partition coefficient (Wildman–Crippen LogP) is 3.68. The second kappa shape index (κ2) is 6.71. The number of nitrogens with zero attached hydrogens (tertiary/aromatic N) is 1.